The number of piperazine rings is 1. The van der Waals surface area contributed by atoms with Gasteiger partial charge in [0.05, 0.1) is 17.4 Å². The molecule has 2 aromatic heterocycles. The van der Waals surface area contributed by atoms with Crippen LogP contribution in [0.2, 0.25) is 5.02 Å². The van der Waals surface area contributed by atoms with Crippen molar-refractivity contribution >= 4 is 23.4 Å². The SMILES string of the molecule is Cc1nc(C(C)(C)C)nc(N2CCN(c3ncc(Cl)cn3)CC2)c1C. The van der Waals surface area contributed by atoms with E-state index in [1.54, 1.807) is 12.4 Å². The van der Waals surface area contributed by atoms with Gasteiger partial charge in [0.25, 0.3) is 0 Å². The van der Waals surface area contributed by atoms with Crippen LogP contribution < -0.4 is 9.80 Å². The molecular formula is C18H25ClN6. The fraction of sp³-hybridized carbons (Fsp3) is 0.556. The van der Waals surface area contributed by atoms with Gasteiger partial charge < -0.3 is 9.80 Å². The second kappa shape index (κ2) is 6.75. The van der Waals surface area contributed by atoms with E-state index in [0.717, 1.165) is 55.0 Å². The summed E-state index contributed by atoms with van der Waals surface area (Å²) in [6.45, 7) is 14.1. The molecule has 1 fully saturated rings. The first-order valence-electron chi connectivity index (χ1n) is 8.59. The monoisotopic (exact) mass is 360 g/mol. The van der Waals surface area contributed by atoms with E-state index >= 15 is 0 Å². The molecule has 1 saturated heterocycles. The molecule has 0 amide bonds. The molecule has 3 heterocycles. The average molecular weight is 361 g/mol. The lowest BCUT2D eigenvalue weighted by atomic mass is 9.95. The molecule has 0 N–H and O–H groups in total. The van der Waals surface area contributed by atoms with Gasteiger partial charge in [0.1, 0.15) is 11.6 Å². The van der Waals surface area contributed by atoms with E-state index < -0.39 is 0 Å². The molecule has 0 aliphatic carbocycles. The Kier molecular flexibility index (Phi) is 4.82. The molecule has 7 heteroatoms. The molecule has 0 spiro atoms. The van der Waals surface area contributed by atoms with Crippen LogP contribution in [-0.4, -0.2) is 46.1 Å². The van der Waals surface area contributed by atoms with E-state index in [9.17, 15) is 0 Å². The van der Waals surface area contributed by atoms with Crippen molar-refractivity contribution < 1.29 is 0 Å². The summed E-state index contributed by atoms with van der Waals surface area (Å²) in [7, 11) is 0. The highest BCUT2D eigenvalue weighted by atomic mass is 35.5. The third-order valence-corrected chi connectivity index (χ3v) is 4.70. The van der Waals surface area contributed by atoms with Crippen molar-refractivity contribution in [3.05, 3.63) is 34.5 Å². The van der Waals surface area contributed by atoms with Crippen LogP contribution >= 0.6 is 11.6 Å². The second-order valence-corrected chi connectivity index (χ2v) is 7.94. The number of halogens is 1. The quantitative estimate of drug-likeness (QED) is 0.819. The van der Waals surface area contributed by atoms with E-state index in [2.05, 4.69) is 59.4 Å². The van der Waals surface area contributed by atoms with Gasteiger partial charge in [-0.1, -0.05) is 32.4 Å². The van der Waals surface area contributed by atoms with Crippen LogP contribution in [0.15, 0.2) is 12.4 Å². The summed E-state index contributed by atoms with van der Waals surface area (Å²) in [5.41, 5.74) is 2.15. The third kappa shape index (κ3) is 3.84. The summed E-state index contributed by atoms with van der Waals surface area (Å²) >= 11 is 5.87. The van der Waals surface area contributed by atoms with Gasteiger partial charge >= 0.3 is 0 Å². The van der Waals surface area contributed by atoms with Crippen LogP contribution in [-0.2, 0) is 5.41 Å². The number of anilines is 2. The van der Waals surface area contributed by atoms with Crippen LogP contribution in [0.25, 0.3) is 0 Å². The Balaban J connectivity index is 1.78. The lowest BCUT2D eigenvalue weighted by Gasteiger charge is -2.36. The molecule has 0 atom stereocenters. The minimum atomic E-state index is -0.0633. The van der Waals surface area contributed by atoms with Crippen LogP contribution in [0.1, 0.15) is 37.9 Å². The van der Waals surface area contributed by atoms with Crippen LogP contribution in [0.3, 0.4) is 0 Å². The smallest absolute Gasteiger partial charge is 0.225 e. The molecule has 0 saturated carbocycles. The zero-order chi connectivity index (χ0) is 18.2. The molecule has 1 aliphatic rings. The third-order valence-electron chi connectivity index (χ3n) is 4.50. The normalized spacial score (nSPS) is 15.6. The Morgan fingerprint density at radius 1 is 0.920 bits per heavy atom. The van der Waals surface area contributed by atoms with E-state index in [1.807, 2.05) is 0 Å². The second-order valence-electron chi connectivity index (χ2n) is 7.51. The predicted octanol–water partition coefficient (Wildman–Crippen LogP) is 3.16. The first-order valence-corrected chi connectivity index (χ1v) is 8.96. The number of aryl methyl sites for hydroxylation is 1. The molecule has 2 aromatic rings. The number of hydrogen-bond donors (Lipinski definition) is 0. The molecule has 0 bridgehead atoms. The van der Waals surface area contributed by atoms with Gasteiger partial charge in [0, 0.05) is 42.9 Å². The maximum Gasteiger partial charge on any atom is 0.225 e. The molecule has 25 heavy (non-hydrogen) atoms. The minimum Gasteiger partial charge on any atom is -0.353 e. The van der Waals surface area contributed by atoms with Gasteiger partial charge in [0.2, 0.25) is 5.95 Å². The van der Waals surface area contributed by atoms with Crippen LogP contribution in [0.5, 0.6) is 0 Å². The Hall–Kier alpha value is -1.95. The van der Waals surface area contributed by atoms with Crippen LogP contribution in [0, 0.1) is 13.8 Å². The molecule has 3 rings (SSSR count). The maximum absolute atomic E-state index is 5.87. The zero-order valence-electron chi connectivity index (χ0n) is 15.5. The fourth-order valence-electron chi connectivity index (χ4n) is 2.84. The molecular weight excluding hydrogens is 336 g/mol. The Labute approximate surface area is 154 Å². The Morgan fingerprint density at radius 3 is 2.04 bits per heavy atom. The van der Waals surface area contributed by atoms with E-state index in [0.29, 0.717) is 5.02 Å². The highest BCUT2D eigenvalue weighted by Gasteiger charge is 2.25. The van der Waals surface area contributed by atoms with Crippen molar-refractivity contribution in [3.63, 3.8) is 0 Å². The Bertz CT molecular complexity index is 745. The van der Waals surface area contributed by atoms with E-state index in [-0.39, 0.29) is 5.41 Å². The first kappa shape index (κ1) is 17.9. The minimum absolute atomic E-state index is 0.0633. The average Bonchev–Trinajstić information content (AvgIpc) is 2.57. The number of nitrogens with zero attached hydrogens (tertiary/aromatic N) is 6. The summed E-state index contributed by atoms with van der Waals surface area (Å²) in [6, 6.07) is 0. The topological polar surface area (TPSA) is 58.0 Å². The van der Waals surface area contributed by atoms with Crippen molar-refractivity contribution in [3.8, 4) is 0 Å². The van der Waals surface area contributed by atoms with Crippen molar-refractivity contribution in [2.75, 3.05) is 36.0 Å². The van der Waals surface area contributed by atoms with Crippen molar-refractivity contribution in [1.29, 1.82) is 0 Å². The zero-order valence-corrected chi connectivity index (χ0v) is 16.3. The molecule has 6 nitrogen and oxygen atoms in total. The maximum atomic E-state index is 5.87. The van der Waals surface area contributed by atoms with Gasteiger partial charge in [-0.3, -0.25) is 0 Å². The lowest BCUT2D eigenvalue weighted by molar-refractivity contribution is 0.538. The predicted molar refractivity (Wildman–Crippen MR) is 102 cm³/mol. The molecule has 0 aromatic carbocycles. The molecule has 0 unspecified atom stereocenters. The molecule has 0 radical (unpaired) electrons. The summed E-state index contributed by atoms with van der Waals surface area (Å²) in [5, 5.41) is 0.559. The highest BCUT2D eigenvalue weighted by Crippen LogP contribution is 2.26. The van der Waals surface area contributed by atoms with Crippen molar-refractivity contribution in [2.45, 2.75) is 40.0 Å². The summed E-state index contributed by atoms with van der Waals surface area (Å²) in [5.74, 6) is 2.68. The molecule has 1 aliphatic heterocycles. The van der Waals surface area contributed by atoms with Gasteiger partial charge in [-0.15, -0.1) is 0 Å². The van der Waals surface area contributed by atoms with Gasteiger partial charge in [-0.05, 0) is 13.8 Å². The summed E-state index contributed by atoms with van der Waals surface area (Å²) in [4.78, 5) is 22.7. The van der Waals surface area contributed by atoms with Crippen LogP contribution in [0.4, 0.5) is 11.8 Å². The van der Waals surface area contributed by atoms with E-state index in [4.69, 9.17) is 16.6 Å². The number of aromatic nitrogens is 4. The highest BCUT2D eigenvalue weighted by molar-refractivity contribution is 6.30. The number of hydrogen-bond acceptors (Lipinski definition) is 6. The van der Waals surface area contributed by atoms with Crippen molar-refractivity contribution in [2.24, 2.45) is 0 Å². The van der Waals surface area contributed by atoms with Gasteiger partial charge in [-0.25, -0.2) is 19.9 Å². The van der Waals surface area contributed by atoms with Gasteiger partial charge in [-0.2, -0.15) is 0 Å². The summed E-state index contributed by atoms with van der Waals surface area (Å²) in [6.07, 6.45) is 3.29. The summed E-state index contributed by atoms with van der Waals surface area (Å²) < 4.78 is 0. The first-order chi connectivity index (χ1) is 11.8. The largest absolute Gasteiger partial charge is 0.353 e. The Morgan fingerprint density at radius 2 is 1.48 bits per heavy atom. The standard InChI is InChI=1S/C18H25ClN6/c1-12-13(2)22-16(18(3,4)5)23-15(12)24-6-8-25(9-7-24)17-20-10-14(19)11-21-17/h10-11H,6-9H2,1-5H3. The van der Waals surface area contributed by atoms with E-state index in [1.165, 1.54) is 0 Å². The number of rotatable bonds is 2. The molecule has 134 valence electrons. The lowest BCUT2D eigenvalue weighted by Crippen LogP contribution is -2.47. The van der Waals surface area contributed by atoms with Crippen molar-refractivity contribution in [1.82, 2.24) is 19.9 Å². The fourth-order valence-corrected chi connectivity index (χ4v) is 2.94. The van der Waals surface area contributed by atoms with Gasteiger partial charge in [0.15, 0.2) is 0 Å².